The minimum atomic E-state index is -0.372. The summed E-state index contributed by atoms with van der Waals surface area (Å²) in [6.45, 7) is 6.35. The zero-order valence-electron chi connectivity index (χ0n) is 12.5. The van der Waals surface area contributed by atoms with Gasteiger partial charge < -0.3 is 10.3 Å². The van der Waals surface area contributed by atoms with Gasteiger partial charge in [0.2, 0.25) is 0 Å². The Morgan fingerprint density at radius 2 is 1.75 bits per heavy atom. The van der Waals surface area contributed by atoms with Crippen molar-refractivity contribution in [2.75, 3.05) is 6.54 Å². The molecule has 7 nitrogen and oxygen atoms in total. The third-order valence-corrected chi connectivity index (χ3v) is 3.62. The van der Waals surface area contributed by atoms with Gasteiger partial charge in [-0.25, -0.2) is 9.78 Å². The molecule has 0 aliphatic heterocycles. The van der Waals surface area contributed by atoms with Crippen molar-refractivity contribution in [3.8, 4) is 0 Å². The van der Waals surface area contributed by atoms with Crippen molar-refractivity contribution in [1.29, 1.82) is 0 Å². The van der Waals surface area contributed by atoms with E-state index in [4.69, 9.17) is 5.73 Å². The first-order chi connectivity index (χ1) is 9.31. The highest BCUT2D eigenvalue weighted by Crippen LogP contribution is 2.22. The highest BCUT2D eigenvalue weighted by Gasteiger charge is 2.22. The van der Waals surface area contributed by atoms with Gasteiger partial charge in [0.15, 0.2) is 11.2 Å². The van der Waals surface area contributed by atoms with Crippen molar-refractivity contribution in [1.82, 2.24) is 18.7 Å². The molecular weight excluding hydrogens is 258 g/mol. The van der Waals surface area contributed by atoms with Gasteiger partial charge in [0, 0.05) is 32.6 Å². The Labute approximate surface area is 116 Å². The fraction of sp³-hybridized carbons (Fsp3) is 0.615. The van der Waals surface area contributed by atoms with E-state index in [1.807, 2.05) is 25.3 Å². The average Bonchev–Trinajstić information content (AvgIpc) is 2.82. The average molecular weight is 279 g/mol. The van der Waals surface area contributed by atoms with Gasteiger partial charge in [-0.05, 0) is 6.92 Å². The molecule has 0 radical (unpaired) electrons. The van der Waals surface area contributed by atoms with E-state index in [0.29, 0.717) is 17.7 Å². The third-order valence-electron chi connectivity index (χ3n) is 3.62. The summed E-state index contributed by atoms with van der Waals surface area (Å²) in [4.78, 5) is 28.9. The molecule has 20 heavy (non-hydrogen) atoms. The summed E-state index contributed by atoms with van der Waals surface area (Å²) in [5, 5.41) is 0. The number of aromatic nitrogens is 4. The molecule has 2 aromatic heterocycles. The zero-order valence-corrected chi connectivity index (χ0v) is 12.5. The quantitative estimate of drug-likeness (QED) is 0.861. The van der Waals surface area contributed by atoms with Crippen LogP contribution in [0.3, 0.4) is 0 Å². The number of rotatable bonds is 3. The lowest BCUT2D eigenvalue weighted by Crippen LogP contribution is -2.38. The van der Waals surface area contributed by atoms with E-state index in [2.05, 4.69) is 4.98 Å². The number of hydrogen-bond donors (Lipinski definition) is 1. The van der Waals surface area contributed by atoms with Crippen LogP contribution in [-0.2, 0) is 14.1 Å². The Hall–Kier alpha value is -1.89. The van der Waals surface area contributed by atoms with E-state index in [1.165, 1.54) is 11.6 Å². The fourth-order valence-electron chi connectivity index (χ4n) is 2.39. The van der Waals surface area contributed by atoms with Gasteiger partial charge in [-0.1, -0.05) is 13.8 Å². The number of imidazole rings is 1. The van der Waals surface area contributed by atoms with E-state index >= 15 is 0 Å². The summed E-state index contributed by atoms with van der Waals surface area (Å²) < 4.78 is 4.37. The van der Waals surface area contributed by atoms with Gasteiger partial charge >= 0.3 is 5.69 Å². The maximum absolute atomic E-state index is 12.4. The van der Waals surface area contributed by atoms with Gasteiger partial charge in [-0.15, -0.1) is 0 Å². The minimum Gasteiger partial charge on any atom is -0.328 e. The Morgan fingerprint density at radius 1 is 1.15 bits per heavy atom. The fourth-order valence-corrected chi connectivity index (χ4v) is 2.39. The molecular formula is C13H21N5O2. The van der Waals surface area contributed by atoms with Crippen molar-refractivity contribution < 1.29 is 0 Å². The first-order valence-electron chi connectivity index (χ1n) is 6.69. The van der Waals surface area contributed by atoms with Crippen LogP contribution in [0.5, 0.6) is 0 Å². The second-order valence-electron chi connectivity index (χ2n) is 5.46. The molecule has 0 amide bonds. The summed E-state index contributed by atoms with van der Waals surface area (Å²) >= 11 is 0. The maximum Gasteiger partial charge on any atom is 0.332 e. The molecule has 0 saturated heterocycles. The lowest BCUT2D eigenvalue weighted by molar-refractivity contribution is 0.530. The van der Waals surface area contributed by atoms with Gasteiger partial charge in [-0.3, -0.25) is 13.9 Å². The van der Waals surface area contributed by atoms with Gasteiger partial charge in [-0.2, -0.15) is 0 Å². The molecule has 0 spiro atoms. The Balaban J connectivity index is 3.05. The first-order valence-corrected chi connectivity index (χ1v) is 6.69. The van der Waals surface area contributed by atoms with Crippen molar-refractivity contribution in [2.45, 2.75) is 32.7 Å². The zero-order chi connectivity index (χ0) is 15.2. The highest BCUT2D eigenvalue weighted by molar-refractivity contribution is 5.71. The Bertz CT molecular complexity index is 766. The van der Waals surface area contributed by atoms with Crippen LogP contribution in [-0.4, -0.2) is 25.2 Å². The van der Waals surface area contributed by atoms with Crippen molar-refractivity contribution in [3.63, 3.8) is 0 Å². The predicted molar refractivity (Wildman–Crippen MR) is 78.1 cm³/mol. The molecule has 7 heteroatoms. The van der Waals surface area contributed by atoms with Crippen molar-refractivity contribution >= 4 is 11.2 Å². The van der Waals surface area contributed by atoms with Crippen LogP contribution in [0.1, 0.15) is 38.6 Å². The second-order valence-corrected chi connectivity index (χ2v) is 5.46. The molecule has 2 N–H and O–H groups in total. The topological polar surface area (TPSA) is 87.8 Å². The number of hydrogen-bond acceptors (Lipinski definition) is 4. The molecule has 2 aromatic rings. The van der Waals surface area contributed by atoms with Crippen molar-refractivity contribution in [3.05, 3.63) is 26.7 Å². The van der Waals surface area contributed by atoms with Crippen LogP contribution >= 0.6 is 0 Å². The molecule has 2 heterocycles. The number of fused-ring (bicyclic) bond motifs is 1. The van der Waals surface area contributed by atoms with Crippen LogP contribution in [0.4, 0.5) is 0 Å². The molecule has 0 bridgehead atoms. The summed E-state index contributed by atoms with van der Waals surface area (Å²) in [7, 11) is 3.10. The second kappa shape index (κ2) is 4.90. The van der Waals surface area contributed by atoms with E-state index in [-0.39, 0.29) is 23.2 Å². The largest absolute Gasteiger partial charge is 0.332 e. The molecule has 0 aliphatic carbocycles. The van der Waals surface area contributed by atoms with Crippen LogP contribution in [0.2, 0.25) is 0 Å². The lowest BCUT2D eigenvalue weighted by Gasteiger charge is -2.17. The van der Waals surface area contributed by atoms with E-state index in [0.717, 1.165) is 10.4 Å². The molecule has 1 unspecified atom stereocenters. The summed E-state index contributed by atoms with van der Waals surface area (Å²) in [6, 6.07) is -0.0531. The van der Waals surface area contributed by atoms with E-state index in [1.54, 1.807) is 7.05 Å². The Kier molecular flexibility index (Phi) is 3.56. The van der Waals surface area contributed by atoms with Crippen molar-refractivity contribution in [2.24, 2.45) is 19.8 Å². The molecule has 1 atom stereocenters. The third kappa shape index (κ3) is 1.89. The predicted octanol–water partition coefficient (Wildman–Crippen LogP) is 0.0768. The highest BCUT2D eigenvalue weighted by atomic mass is 16.2. The van der Waals surface area contributed by atoms with Crippen LogP contribution in [0.15, 0.2) is 9.59 Å². The van der Waals surface area contributed by atoms with Gasteiger partial charge in [0.1, 0.15) is 5.82 Å². The normalized spacial score (nSPS) is 13.3. The van der Waals surface area contributed by atoms with Crippen LogP contribution in [0, 0.1) is 0 Å². The van der Waals surface area contributed by atoms with Crippen LogP contribution < -0.4 is 17.0 Å². The maximum atomic E-state index is 12.4. The molecule has 110 valence electrons. The SMILES string of the molecule is CC(C)c1nc2c(c(=O)n(C)c(=O)n2C)n1C(C)CN. The molecule has 0 fully saturated rings. The number of aryl methyl sites for hydroxylation is 1. The summed E-state index contributed by atoms with van der Waals surface area (Å²) in [5.41, 5.74) is 5.91. The first kappa shape index (κ1) is 14.5. The molecule has 0 aromatic carbocycles. The van der Waals surface area contributed by atoms with Gasteiger partial charge in [0.05, 0.1) is 0 Å². The molecule has 2 rings (SSSR count). The van der Waals surface area contributed by atoms with E-state index < -0.39 is 0 Å². The standard InChI is InChI=1S/C13H21N5O2/c1-7(2)10-15-11-9(18(10)8(3)6-14)12(19)17(5)13(20)16(11)4/h7-8H,6,14H2,1-5H3. The van der Waals surface area contributed by atoms with Gasteiger partial charge in [0.25, 0.3) is 5.56 Å². The molecule has 0 saturated carbocycles. The molecule has 0 aliphatic rings. The monoisotopic (exact) mass is 279 g/mol. The number of nitrogens with two attached hydrogens (primary N) is 1. The number of nitrogens with zero attached hydrogens (tertiary/aromatic N) is 4. The Morgan fingerprint density at radius 3 is 2.25 bits per heavy atom. The summed E-state index contributed by atoms with van der Waals surface area (Å²) in [6.07, 6.45) is 0. The smallest absolute Gasteiger partial charge is 0.328 e. The van der Waals surface area contributed by atoms with Crippen LogP contribution in [0.25, 0.3) is 11.2 Å². The van der Waals surface area contributed by atoms with E-state index in [9.17, 15) is 9.59 Å². The lowest BCUT2D eigenvalue weighted by atomic mass is 10.2. The minimum absolute atomic E-state index is 0.0531. The summed E-state index contributed by atoms with van der Waals surface area (Å²) in [5.74, 6) is 0.910.